The van der Waals surface area contributed by atoms with E-state index in [1.54, 1.807) is 6.07 Å². The van der Waals surface area contributed by atoms with E-state index in [4.69, 9.17) is 9.47 Å². The fraction of sp³-hybridized carbons (Fsp3) is 0. The summed E-state index contributed by atoms with van der Waals surface area (Å²) in [5, 5.41) is 0.916. The van der Waals surface area contributed by atoms with E-state index >= 15 is 0 Å². The van der Waals surface area contributed by atoms with E-state index < -0.39 is 0 Å². The molecule has 0 N–H and O–H groups in total. The summed E-state index contributed by atoms with van der Waals surface area (Å²) in [5.41, 5.74) is 0.804. The zero-order chi connectivity index (χ0) is 11.4. The molecule has 3 heteroatoms. The lowest BCUT2D eigenvalue weighted by Gasteiger charge is -2.07. The molecule has 3 nitrogen and oxygen atoms in total. The predicted octanol–water partition coefficient (Wildman–Crippen LogP) is 3.28. The van der Waals surface area contributed by atoms with Gasteiger partial charge in [-0.2, -0.15) is 0 Å². The molecule has 0 bridgehead atoms. The topological polar surface area (TPSA) is 31.4 Å². The zero-order valence-electron chi connectivity index (χ0n) is 8.72. The van der Waals surface area contributed by atoms with Crippen molar-refractivity contribution in [2.24, 2.45) is 0 Å². The molecule has 80 valence electrons. The van der Waals surface area contributed by atoms with Gasteiger partial charge in [0, 0.05) is 11.5 Å². The number of para-hydroxylation sites is 1. The molecule has 1 aromatic heterocycles. The molecule has 0 aliphatic heterocycles. The van der Waals surface area contributed by atoms with E-state index in [1.165, 1.54) is 12.5 Å². The van der Waals surface area contributed by atoms with Gasteiger partial charge in [0.25, 0.3) is 0 Å². The first-order valence-corrected chi connectivity index (χ1v) is 4.80. The highest BCUT2D eigenvalue weighted by atomic mass is 16.5. The van der Waals surface area contributed by atoms with Crippen LogP contribution in [0.1, 0.15) is 0 Å². The Balaban J connectivity index is 2.62. The fourth-order valence-electron chi connectivity index (χ4n) is 1.45. The van der Waals surface area contributed by atoms with Gasteiger partial charge in [-0.25, -0.2) is 4.98 Å². The van der Waals surface area contributed by atoms with Gasteiger partial charge in [0.05, 0.1) is 18.0 Å². The minimum atomic E-state index is 0.450. The molecular formula is C13H11NO2. The van der Waals surface area contributed by atoms with Gasteiger partial charge >= 0.3 is 0 Å². The number of nitrogens with zero attached hydrogens (tertiary/aromatic N) is 1. The van der Waals surface area contributed by atoms with Gasteiger partial charge in [-0.1, -0.05) is 25.3 Å². The van der Waals surface area contributed by atoms with Crippen molar-refractivity contribution in [2.75, 3.05) is 0 Å². The van der Waals surface area contributed by atoms with Gasteiger partial charge in [-0.05, 0) is 12.1 Å². The van der Waals surface area contributed by atoms with Crippen molar-refractivity contribution < 1.29 is 9.47 Å². The molecule has 1 heterocycles. The Hall–Kier alpha value is -2.29. The Morgan fingerprint density at radius 2 is 1.81 bits per heavy atom. The second-order valence-electron chi connectivity index (χ2n) is 3.04. The molecule has 2 aromatic rings. The van der Waals surface area contributed by atoms with Crippen molar-refractivity contribution >= 4 is 10.9 Å². The third-order valence-electron chi connectivity index (χ3n) is 2.07. The lowest BCUT2D eigenvalue weighted by molar-refractivity contribution is 0.451. The number of rotatable bonds is 4. The van der Waals surface area contributed by atoms with E-state index in [-0.39, 0.29) is 0 Å². The van der Waals surface area contributed by atoms with Gasteiger partial charge in [0.1, 0.15) is 5.75 Å². The van der Waals surface area contributed by atoms with E-state index in [0.29, 0.717) is 11.6 Å². The fourth-order valence-corrected chi connectivity index (χ4v) is 1.45. The van der Waals surface area contributed by atoms with Crippen molar-refractivity contribution in [3.05, 3.63) is 56.0 Å². The molecular weight excluding hydrogens is 202 g/mol. The number of benzene rings is 1. The van der Waals surface area contributed by atoms with Crippen LogP contribution in [0.25, 0.3) is 10.9 Å². The Bertz CT molecular complexity index is 534. The number of aromatic nitrogens is 1. The van der Waals surface area contributed by atoms with Crippen molar-refractivity contribution in [1.82, 2.24) is 4.98 Å². The van der Waals surface area contributed by atoms with Gasteiger partial charge in [-0.3, -0.25) is 0 Å². The molecule has 2 rings (SSSR count). The Morgan fingerprint density at radius 3 is 2.56 bits per heavy atom. The highest BCUT2D eigenvalue weighted by molar-refractivity contribution is 5.85. The summed E-state index contributed by atoms with van der Waals surface area (Å²) < 4.78 is 10.5. The van der Waals surface area contributed by atoms with Gasteiger partial charge in [0.15, 0.2) is 0 Å². The normalized spacial score (nSPS) is 9.75. The summed E-state index contributed by atoms with van der Waals surface area (Å²) in [6.45, 7) is 7.02. The summed E-state index contributed by atoms with van der Waals surface area (Å²) in [6.07, 6.45) is 2.70. The third kappa shape index (κ3) is 1.88. The third-order valence-corrected chi connectivity index (χ3v) is 2.07. The molecule has 0 spiro atoms. The molecule has 0 radical (unpaired) electrons. The van der Waals surface area contributed by atoms with Crippen molar-refractivity contribution in [1.29, 1.82) is 0 Å². The maximum Gasteiger partial charge on any atom is 0.222 e. The Morgan fingerprint density at radius 1 is 1.06 bits per heavy atom. The van der Waals surface area contributed by atoms with Gasteiger partial charge in [0.2, 0.25) is 5.88 Å². The molecule has 0 saturated heterocycles. The van der Waals surface area contributed by atoms with Crippen LogP contribution in [0.15, 0.2) is 56.0 Å². The summed E-state index contributed by atoms with van der Waals surface area (Å²) >= 11 is 0. The highest BCUT2D eigenvalue weighted by Crippen LogP contribution is 2.28. The molecule has 0 unspecified atom stereocenters. The molecule has 0 amide bonds. The number of ether oxygens (including phenoxy) is 2. The molecule has 0 aliphatic rings. The second kappa shape index (κ2) is 4.49. The standard InChI is InChI=1S/C13H11NO2/c1-3-15-12-9-13(16-4-2)14-11-8-6-5-7-10(11)12/h3-9H,1-2H2. The van der Waals surface area contributed by atoms with Crippen molar-refractivity contribution in [3.8, 4) is 11.6 Å². The Labute approximate surface area is 93.6 Å². The number of fused-ring (bicyclic) bond motifs is 1. The lowest BCUT2D eigenvalue weighted by Crippen LogP contribution is -1.90. The van der Waals surface area contributed by atoms with Crippen molar-refractivity contribution in [2.45, 2.75) is 0 Å². The van der Waals surface area contributed by atoms with Crippen LogP contribution in [-0.4, -0.2) is 4.98 Å². The number of pyridine rings is 1. The van der Waals surface area contributed by atoms with E-state index in [0.717, 1.165) is 10.9 Å². The lowest BCUT2D eigenvalue weighted by atomic mass is 10.2. The summed E-state index contributed by atoms with van der Waals surface area (Å²) in [7, 11) is 0. The maximum absolute atomic E-state index is 5.32. The molecule has 1 aromatic carbocycles. The molecule has 0 aliphatic carbocycles. The number of hydrogen-bond donors (Lipinski definition) is 0. The van der Waals surface area contributed by atoms with Crippen LogP contribution in [0.4, 0.5) is 0 Å². The van der Waals surface area contributed by atoms with Crippen LogP contribution < -0.4 is 9.47 Å². The second-order valence-corrected chi connectivity index (χ2v) is 3.04. The summed E-state index contributed by atoms with van der Waals surface area (Å²) in [6, 6.07) is 9.35. The smallest absolute Gasteiger partial charge is 0.222 e. The van der Waals surface area contributed by atoms with E-state index in [9.17, 15) is 0 Å². The van der Waals surface area contributed by atoms with Crippen LogP contribution in [0.5, 0.6) is 11.6 Å². The summed E-state index contributed by atoms with van der Waals surface area (Å²) in [5.74, 6) is 1.11. The van der Waals surface area contributed by atoms with E-state index in [1.807, 2.05) is 24.3 Å². The quantitative estimate of drug-likeness (QED) is 0.730. The molecule has 16 heavy (non-hydrogen) atoms. The van der Waals surface area contributed by atoms with Crippen LogP contribution in [-0.2, 0) is 0 Å². The SMILES string of the molecule is C=COc1cc(OC=C)c2ccccc2n1. The predicted molar refractivity (Wildman–Crippen MR) is 63.4 cm³/mol. The summed E-state index contributed by atoms with van der Waals surface area (Å²) in [4.78, 5) is 4.30. The maximum atomic E-state index is 5.32. The number of hydrogen-bond acceptors (Lipinski definition) is 3. The van der Waals surface area contributed by atoms with Crippen molar-refractivity contribution in [3.63, 3.8) is 0 Å². The molecule has 0 atom stereocenters. The van der Waals surface area contributed by atoms with Gasteiger partial charge in [-0.15, -0.1) is 0 Å². The average molecular weight is 213 g/mol. The zero-order valence-corrected chi connectivity index (χ0v) is 8.72. The van der Waals surface area contributed by atoms with E-state index in [2.05, 4.69) is 18.1 Å². The first-order valence-electron chi connectivity index (χ1n) is 4.80. The van der Waals surface area contributed by atoms with Crippen LogP contribution in [0, 0.1) is 0 Å². The Kier molecular flexibility index (Phi) is 2.87. The van der Waals surface area contributed by atoms with Crippen LogP contribution in [0.3, 0.4) is 0 Å². The highest BCUT2D eigenvalue weighted by Gasteiger charge is 2.05. The minimum Gasteiger partial charge on any atom is -0.465 e. The van der Waals surface area contributed by atoms with Crippen LogP contribution in [0.2, 0.25) is 0 Å². The molecule has 0 saturated carbocycles. The van der Waals surface area contributed by atoms with Gasteiger partial charge < -0.3 is 9.47 Å². The minimum absolute atomic E-state index is 0.450. The molecule has 0 fully saturated rings. The first kappa shape index (κ1) is 10.2. The first-order chi connectivity index (χ1) is 7.85. The largest absolute Gasteiger partial charge is 0.465 e. The monoisotopic (exact) mass is 213 g/mol. The van der Waals surface area contributed by atoms with Crippen LogP contribution >= 0.6 is 0 Å². The average Bonchev–Trinajstić information content (AvgIpc) is 2.30.